The number of unbranched alkanes of at least 4 members (excludes halogenated alkanes) is 5. The van der Waals surface area contributed by atoms with E-state index in [-0.39, 0.29) is 16.9 Å². The number of aromatic nitrogens is 1. The minimum absolute atomic E-state index is 0.00623. The Balaban J connectivity index is 1.57. The van der Waals surface area contributed by atoms with Gasteiger partial charge in [0.2, 0.25) is 0 Å². The van der Waals surface area contributed by atoms with Gasteiger partial charge in [-0.2, -0.15) is 0 Å². The molecule has 0 fully saturated rings. The largest absolute Gasteiger partial charge is 0.508 e. The maximum atomic E-state index is 11.2. The van der Waals surface area contributed by atoms with E-state index in [1.165, 1.54) is 49.7 Å². The Hall–Kier alpha value is -1.97. The summed E-state index contributed by atoms with van der Waals surface area (Å²) in [5.74, 6) is 2.66. The first-order valence-electron chi connectivity index (χ1n) is 12.2. The molecular formula is C27H39NO3. The van der Waals surface area contributed by atoms with Gasteiger partial charge >= 0.3 is 0 Å². The smallest absolute Gasteiger partial charge is 0.140 e. The van der Waals surface area contributed by atoms with Gasteiger partial charge in [0.1, 0.15) is 22.9 Å². The van der Waals surface area contributed by atoms with E-state index >= 15 is 0 Å². The van der Waals surface area contributed by atoms with Gasteiger partial charge in [0, 0.05) is 29.4 Å². The van der Waals surface area contributed by atoms with Gasteiger partial charge in [-0.15, -0.1) is 0 Å². The highest BCUT2D eigenvalue weighted by molar-refractivity contribution is 5.54. The Morgan fingerprint density at radius 3 is 2.61 bits per heavy atom. The van der Waals surface area contributed by atoms with Gasteiger partial charge in [-0.1, -0.05) is 64.5 Å². The molecule has 2 heterocycles. The zero-order valence-electron chi connectivity index (χ0n) is 20.0. The molecule has 1 aromatic heterocycles. The summed E-state index contributed by atoms with van der Waals surface area (Å²) < 4.78 is 12.1. The highest BCUT2D eigenvalue weighted by Crippen LogP contribution is 2.54. The third-order valence-electron chi connectivity index (χ3n) is 7.75. The van der Waals surface area contributed by atoms with Crippen LogP contribution in [0.5, 0.6) is 11.5 Å². The summed E-state index contributed by atoms with van der Waals surface area (Å²) in [6.07, 6.45) is 12.4. The summed E-state index contributed by atoms with van der Waals surface area (Å²) in [5, 5.41) is 15.2. The number of nitrogens with zero attached hydrogens (tertiary/aromatic N) is 1. The molecule has 1 aliphatic heterocycles. The fraction of sp³-hybridized carbons (Fsp3) is 0.667. The van der Waals surface area contributed by atoms with Crippen molar-refractivity contribution in [1.82, 2.24) is 5.16 Å². The van der Waals surface area contributed by atoms with Crippen molar-refractivity contribution in [2.75, 3.05) is 0 Å². The molecule has 170 valence electrons. The predicted octanol–water partition coefficient (Wildman–Crippen LogP) is 7.08. The van der Waals surface area contributed by atoms with Crippen LogP contribution in [0.25, 0.3) is 0 Å². The lowest BCUT2D eigenvalue weighted by Crippen LogP contribution is -2.47. The molecule has 2 atom stereocenters. The molecule has 0 radical (unpaired) electrons. The number of aromatic hydroxyl groups is 1. The fourth-order valence-electron chi connectivity index (χ4n) is 5.68. The summed E-state index contributed by atoms with van der Waals surface area (Å²) in [6, 6.07) is 4.19. The molecule has 4 nitrogen and oxygen atoms in total. The molecule has 0 saturated heterocycles. The van der Waals surface area contributed by atoms with Gasteiger partial charge in [-0.05, 0) is 49.8 Å². The maximum absolute atomic E-state index is 11.2. The average Bonchev–Trinajstić information content (AvgIpc) is 3.16. The number of fused-ring (bicyclic) bond motifs is 4. The number of hydrogen-bond acceptors (Lipinski definition) is 4. The number of phenolic OH excluding ortho intramolecular Hbond substituents is 1. The van der Waals surface area contributed by atoms with E-state index in [1.54, 1.807) is 0 Å². The van der Waals surface area contributed by atoms with Gasteiger partial charge in [-0.25, -0.2) is 0 Å². The van der Waals surface area contributed by atoms with E-state index in [4.69, 9.17) is 9.26 Å². The van der Waals surface area contributed by atoms with Gasteiger partial charge in [0.15, 0.2) is 0 Å². The van der Waals surface area contributed by atoms with Crippen LogP contribution in [-0.2, 0) is 18.3 Å². The van der Waals surface area contributed by atoms with Crippen LogP contribution in [0.1, 0.15) is 108 Å². The van der Waals surface area contributed by atoms with Crippen molar-refractivity contribution in [1.29, 1.82) is 0 Å². The van der Waals surface area contributed by atoms with Gasteiger partial charge in [-0.3, -0.25) is 0 Å². The van der Waals surface area contributed by atoms with E-state index in [1.807, 2.05) is 12.3 Å². The third kappa shape index (κ3) is 4.36. The van der Waals surface area contributed by atoms with Crippen LogP contribution in [0.3, 0.4) is 0 Å². The van der Waals surface area contributed by atoms with Gasteiger partial charge < -0.3 is 14.4 Å². The number of phenols is 1. The molecule has 0 saturated carbocycles. The first-order chi connectivity index (χ1) is 14.7. The Kier molecular flexibility index (Phi) is 6.11. The second kappa shape index (κ2) is 8.52. The summed E-state index contributed by atoms with van der Waals surface area (Å²) in [4.78, 5) is 0. The minimum Gasteiger partial charge on any atom is -0.508 e. The number of benzene rings is 1. The van der Waals surface area contributed by atoms with Crippen molar-refractivity contribution in [2.24, 2.45) is 5.92 Å². The van der Waals surface area contributed by atoms with E-state index < -0.39 is 0 Å². The highest BCUT2D eigenvalue weighted by Gasteiger charge is 2.48. The van der Waals surface area contributed by atoms with Gasteiger partial charge in [0.05, 0.1) is 6.20 Å². The Bertz CT molecular complexity index is 911. The lowest BCUT2D eigenvalue weighted by Gasteiger charge is -2.47. The first-order valence-corrected chi connectivity index (χ1v) is 12.2. The van der Waals surface area contributed by atoms with Crippen molar-refractivity contribution in [2.45, 2.75) is 109 Å². The molecule has 1 N–H and O–H groups in total. The van der Waals surface area contributed by atoms with E-state index in [2.05, 4.69) is 45.8 Å². The number of rotatable bonds is 8. The molecule has 0 amide bonds. The average molecular weight is 426 g/mol. The fourth-order valence-corrected chi connectivity index (χ4v) is 5.68. The molecule has 2 aliphatic rings. The molecule has 31 heavy (non-hydrogen) atoms. The summed E-state index contributed by atoms with van der Waals surface area (Å²) in [5.41, 5.74) is 3.00. The molecule has 2 aromatic rings. The monoisotopic (exact) mass is 425 g/mol. The van der Waals surface area contributed by atoms with Crippen molar-refractivity contribution < 1.29 is 14.4 Å². The van der Waals surface area contributed by atoms with Crippen LogP contribution >= 0.6 is 0 Å². The van der Waals surface area contributed by atoms with Crippen LogP contribution < -0.4 is 4.74 Å². The third-order valence-corrected chi connectivity index (χ3v) is 7.75. The van der Waals surface area contributed by atoms with Crippen molar-refractivity contribution in [3.8, 4) is 11.5 Å². The van der Waals surface area contributed by atoms with E-state index in [0.29, 0.717) is 11.7 Å². The molecule has 0 bridgehead atoms. The molecule has 4 rings (SSSR count). The molecule has 4 heteroatoms. The topological polar surface area (TPSA) is 55.5 Å². The van der Waals surface area contributed by atoms with Crippen molar-refractivity contribution in [3.05, 3.63) is 40.8 Å². The molecule has 0 spiro atoms. The van der Waals surface area contributed by atoms with Crippen LogP contribution in [0.4, 0.5) is 0 Å². The number of ether oxygens (including phenoxy) is 1. The molecule has 0 unspecified atom stereocenters. The lowest BCUT2D eigenvalue weighted by molar-refractivity contribution is 0.00383. The molecule has 1 aromatic carbocycles. The van der Waals surface area contributed by atoms with E-state index in [0.717, 1.165) is 36.3 Å². The summed E-state index contributed by atoms with van der Waals surface area (Å²) in [6.45, 7) is 11.2. The second-order valence-electron chi connectivity index (χ2n) is 10.9. The highest BCUT2D eigenvalue weighted by atomic mass is 16.5. The molecular weight excluding hydrogens is 386 g/mol. The standard InChI is InChI=1S/C27H39NO3/c1-6-7-8-9-10-11-12-26(2,3)19-14-22(29)25-20-16-23-18(17-28-31-23)13-21(20)27(4,5)30-24(25)15-19/h14-15,17,20-21,29H,6-13,16H2,1-5H3/t20-,21-/m1/s1. The minimum atomic E-state index is -0.304. The Morgan fingerprint density at radius 1 is 1.10 bits per heavy atom. The van der Waals surface area contributed by atoms with Crippen LogP contribution in [0, 0.1) is 5.92 Å². The normalized spacial score (nSPS) is 21.7. The summed E-state index contributed by atoms with van der Waals surface area (Å²) >= 11 is 0. The maximum Gasteiger partial charge on any atom is 0.140 e. The van der Waals surface area contributed by atoms with Crippen molar-refractivity contribution in [3.63, 3.8) is 0 Å². The van der Waals surface area contributed by atoms with Gasteiger partial charge in [0.25, 0.3) is 0 Å². The summed E-state index contributed by atoms with van der Waals surface area (Å²) in [7, 11) is 0. The molecule has 1 aliphatic carbocycles. The first kappa shape index (κ1) is 22.2. The quantitative estimate of drug-likeness (QED) is 0.459. The number of hydrogen-bond donors (Lipinski definition) is 1. The zero-order valence-corrected chi connectivity index (χ0v) is 20.0. The van der Waals surface area contributed by atoms with Crippen LogP contribution in [0.15, 0.2) is 22.9 Å². The van der Waals surface area contributed by atoms with E-state index in [9.17, 15) is 5.11 Å². The Morgan fingerprint density at radius 2 is 1.84 bits per heavy atom. The predicted molar refractivity (Wildman–Crippen MR) is 124 cm³/mol. The van der Waals surface area contributed by atoms with Crippen LogP contribution in [0.2, 0.25) is 0 Å². The van der Waals surface area contributed by atoms with Crippen molar-refractivity contribution >= 4 is 0 Å². The Labute approximate surface area is 187 Å². The SMILES string of the molecule is CCCCCCCCC(C)(C)c1cc(O)c2c(c1)OC(C)(C)[C@@H]1Cc3cnoc3C[C@@H]21. The zero-order chi connectivity index (χ0) is 22.2. The second-order valence-corrected chi connectivity index (χ2v) is 10.9. The lowest BCUT2D eigenvalue weighted by atomic mass is 9.66. The van der Waals surface area contributed by atoms with Crippen LogP contribution in [-0.4, -0.2) is 15.9 Å².